The molecule has 4 N–H and O–H groups in total. The zero-order valence-corrected chi connectivity index (χ0v) is 24.3. The van der Waals surface area contributed by atoms with E-state index in [4.69, 9.17) is 0 Å². The Hall–Kier alpha value is -3.76. The molecule has 1 saturated heterocycles. The molecular weight excluding hydrogens is 514 g/mol. The van der Waals surface area contributed by atoms with E-state index in [1.165, 1.54) is 7.05 Å². The van der Waals surface area contributed by atoms with Crippen LogP contribution < -0.4 is 21.3 Å². The normalized spacial score (nSPS) is 17.2. The SMILES string of the molecule is CCCC(NC(=O)[C@@H]1CCCN1C(=O)C(C)C(C)(C)C)C(=O)C(=O)NCC(=O)N[C@H](C(=O)NC)c1ccccc1. The van der Waals surface area contributed by atoms with Crippen molar-refractivity contribution < 1.29 is 28.8 Å². The number of hydrogen-bond donors (Lipinski definition) is 4. The number of hydrogen-bond acceptors (Lipinski definition) is 6. The summed E-state index contributed by atoms with van der Waals surface area (Å²) in [5, 5.41) is 10.00. The quantitative estimate of drug-likeness (QED) is 0.284. The molecule has 0 spiro atoms. The Morgan fingerprint density at radius 2 is 1.68 bits per heavy atom. The van der Waals surface area contributed by atoms with Gasteiger partial charge in [-0.15, -0.1) is 0 Å². The van der Waals surface area contributed by atoms with Gasteiger partial charge in [0.1, 0.15) is 12.1 Å². The van der Waals surface area contributed by atoms with Gasteiger partial charge in [0.25, 0.3) is 5.91 Å². The van der Waals surface area contributed by atoms with Crippen molar-refractivity contribution >= 4 is 35.3 Å². The zero-order valence-electron chi connectivity index (χ0n) is 24.3. The van der Waals surface area contributed by atoms with E-state index in [9.17, 15) is 28.8 Å². The number of rotatable bonds is 12. The molecule has 11 nitrogen and oxygen atoms in total. The largest absolute Gasteiger partial charge is 0.357 e. The molecule has 0 saturated carbocycles. The Morgan fingerprint density at radius 1 is 1.02 bits per heavy atom. The maximum Gasteiger partial charge on any atom is 0.290 e. The number of Topliss-reactive ketones (excluding diaryl/α,β-unsaturated/α-hetero) is 1. The van der Waals surface area contributed by atoms with Gasteiger partial charge in [-0.25, -0.2) is 0 Å². The van der Waals surface area contributed by atoms with Crippen LogP contribution in [-0.2, 0) is 28.8 Å². The maximum atomic E-state index is 13.2. The number of nitrogens with zero attached hydrogens (tertiary/aromatic N) is 1. The first-order chi connectivity index (χ1) is 18.8. The lowest BCUT2D eigenvalue weighted by Crippen LogP contribution is -2.54. The molecule has 0 aliphatic carbocycles. The molecule has 40 heavy (non-hydrogen) atoms. The molecule has 1 fully saturated rings. The molecule has 2 rings (SSSR count). The molecule has 1 aromatic rings. The fourth-order valence-corrected chi connectivity index (χ4v) is 4.46. The van der Waals surface area contributed by atoms with Crippen molar-refractivity contribution in [3.05, 3.63) is 35.9 Å². The van der Waals surface area contributed by atoms with Crippen LogP contribution in [0.1, 0.15) is 71.9 Å². The van der Waals surface area contributed by atoms with Crippen LogP contribution in [0.4, 0.5) is 0 Å². The molecule has 1 aliphatic heterocycles. The summed E-state index contributed by atoms with van der Waals surface area (Å²) in [6, 6.07) is 5.82. The second kappa shape index (κ2) is 14.6. The van der Waals surface area contributed by atoms with E-state index >= 15 is 0 Å². The average molecular weight is 558 g/mol. The van der Waals surface area contributed by atoms with Gasteiger partial charge in [0, 0.05) is 19.5 Å². The Morgan fingerprint density at radius 3 is 2.25 bits per heavy atom. The highest BCUT2D eigenvalue weighted by molar-refractivity contribution is 6.38. The van der Waals surface area contributed by atoms with Gasteiger partial charge in [0.15, 0.2) is 0 Å². The molecule has 4 atom stereocenters. The molecule has 1 heterocycles. The first-order valence-electron chi connectivity index (χ1n) is 13.8. The molecule has 0 radical (unpaired) electrons. The van der Waals surface area contributed by atoms with Gasteiger partial charge in [0.05, 0.1) is 12.6 Å². The minimum absolute atomic E-state index is 0.113. The lowest BCUT2D eigenvalue weighted by Gasteiger charge is -2.33. The van der Waals surface area contributed by atoms with E-state index in [2.05, 4.69) is 21.3 Å². The fraction of sp³-hybridized carbons (Fsp3) is 0.586. The summed E-state index contributed by atoms with van der Waals surface area (Å²) in [5.74, 6) is -3.89. The second-order valence-corrected chi connectivity index (χ2v) is 11.2. The third kappa shape index (κ3) is 8.62. The lowest BCUT2D eigenvalue weighted by atomic mass is 9.81. The van der Waals surface area contributed by atoms with Crippen molar-refractivity contribution in [1.82, 2.24) is 26.2 Å². The number of carbonyl (C=O) groups excluding carboxylic acids is 6. The van der Waals surface area contributed by atoms with Gasteiger partial charge >= 0.3 is 0 Å². The van der Waals surface area contributed by atoms with Gasteiger partial charge in [-0.2, -0.15) is 0 Å². The fourth-order valence-electron chi connectivity index (χ4n) is 4.46. The molecule has 2 unspecified atom stereocenters. The number of ketones is 1. The van der Waals surface area contributed by atoms with Gasteiger partial charge in [-0.3, -0.25) is 28.8 Å². The highest BCUT2D eigenvalue weighted by atomic mass is 16.2. The zero-order chi connectivity index (χ0) is 30.0. The number of carbonyl (C=O) groups is 6. The molecule has 11 heteroatoms. The summed E-state index contributed by atoms with van der Waals surface area (Å²) < 4.78 is 0. The van der Waals surface area contributed by atoms with Crippen LogP contribution in [0.15, 0.2) is 30.3 Å². The van der Waals surface area contributed by atoms with E-state index in [0.717, 1.165) is 0 Å². The van der Waals surface area contributed by atoms with E-state index < -0.39 is 54.1 Å². The van der Waals surface area contributed by atoms with E-state index in [1.807, 2.05) is 34.6 Å². The Bertz CT molecular complexity index is 1080. The minimum atomic E-state index is -1.10. The van der Waals surface area contributed by atoms with Crippen LogP contribution in [0.25, 0.3) is 0 Å². The van der Waals surface area contributed by atoms with Gasteiger partial charge in [0.2, 0.25) is 29.4 Å². The van der Waals surface area contributed by atoms with E-state index in [0.29, 0.717) is 31.4 Å². The molecule has 1 aromatic carbocycles. The molecule has 0 aromatic heterocycles. The molecule has 0 bridgehead atoms. The number of amides is 5. The summed E-state index contributed by atoms with van der Waals surface area (Å²) >= 11 is 0. The van der Waals surface area contributed by atoms with Crippen molar-refractivity contribution in [2.75, 3.05) is 20.1 Å². The van der Waals surface area contributed by atoms with Crippen LogP contribution in [0.3, 0.4) is 0 Å². The summed E-state index contributed by atoms with van der Waals surface area (Å²) in [5.41, 5.74) is 0.285. The van der Waals surface area contributed by atoms with Crippen LogP contribution in [0, 0.1) is 11.3 Å². The second-order valence-electron chi connectivity index (χ2n) is 11.2. The molecule has 220 valence electrons. The topological polar surface area (TPSA) is 154 Å². The summed E-state index contributed by atoms with van der Waals surface area (Å²) in [6.45, 7) is 9.49. The summed E-state index contributed by atoms with van der Waals surface area (Å²) in [7, 11) is 1.44. The van der Waals surface area contributed by atoms with Gasteiger partial charge < -0.3 is 26.2 Å². The number of benzene rings is 1. The van der Waals surface area contributed by atoms with Crippen molar-refractivity contribution in [3.63, 3.8) is 0 Å². The summed E-state index contributed by atoms with van der Waals surface area (Å²) in [4.78, 5) is 78.2. The first kappa shape index (κ1) is 32.5. The maximum absolute atomic E-state index is 13.2. The Kier molecular flexibility index (Phi) is 11.8. The van der Waals surface area contributed by atoms with Crippen molar-refractivity contribution in [2.45, 2.75) is 78.4 Å². The minimum Gasteiger partial charge on any atom is -0.357 e. The van der Waals surface area contributed by atoms with Crippen LogP contribution in [0.5, 0.6) is 0 Å². The van der Waals surface area contributed by atoms with Gasteiger partial charge in [-0.1, -0.05) is 71.4 Å². The smallest absolute Gasteiger partial charge is 0.290 e. The van der Waals surface area contributed by atoms with Gasteiger partial charge in [-0.05, 0) is 30.2 Å². The van der Waals surface area contributed by atoms with Crippen LogP contribution >= 0.6 is 0 Å². The first-order valence-corrected chi connectivity index (χ1v) is 13.8. The summed E-state index contributed by atoms with van der Waals surface area (Å²) in [6.07, 6.45) is 1.88. The predicted molar refractivity (Wildman–Crippen MR) is 150 cm³/mol. The highest BCUT2D eigenvalue weighted by Crippen LogP contribution is 2.30. The third-order valence-corrected chi connectivity index (χ3v) is 7.30. The number of likely N-dealkylation sites (N-methyl/N-ethyl adjacent to an activating group) is 1. The third-order valence-electron chi connectivity index (χ3n) is 7.30. The van der Waals surface area contributed by atoms with E-state index in [1.54, 1.807) is 35.2 Å². The predicted octanol–water partition coefficient (Wildman–Crippen LogP) is 1.23. The Balaban J connectivity index is 2.01. The molecular formula is C29H43N5O6. The number of nitrogens with one attached hydrogen (secondary N) is 4. The molecule has 1 aliphatic rings. The van der Waals surface area contributed by atoms with Crippen molar-refractivity contribution in [3.8, 4) is 0 Å². The number of likely N-dealkylation sites (tertiary alicyclic amines) is 1. The Labute approximate surface area is 236 Å². The lowest BCUT2D eigenvalue weighted by molar-refractivity contribution is -0.145. The monoisotopic (exact) mass is 557 g/mol. The average Bonchev–Trinajstić information content (AvgIpc) is 3.43. The standard InChI is InChI=1S/C29H43N5O6/c1-7-12-20(32-25(37)21-15-11-16-34(21)28(40)18(2)29(3,4)5)24(36)27(39)31-17-22(35)33-23(26(38)30-6)19-13-9-8-10-14-19/h8-10,13-14,18,20-21,23H,7,11-12,15-17H2,1-6H3,(H,30,38)(H,31,39)(H,32,37)(H,33,35)/t18?,20?,21-,23-/m0/s1. The highest BCUT2D eigenvalue weighted by Gasteiger charge is 2.40. The van der Waals surface area contributed by atoms with Crippen LogP contribution in [-0.4, -0.2) is 72.4 Å². The van der Waals surface area contributed by atoms with Crippen molar-refractivity contribution in [1.29, 1.82) is 0 Å². The van der Waals surface area contributed by atoms with E-state index in [-0.39, 0.29) is 23.7 Å². The molecule has 5 amide bonds. The van der Waals surface area contributed by atoms with Crippen molar-refractivity contribution in [2.24, 2.45) is 11.3 Å². The van der Waals surface area contributed by atoms with Crippen LogP contribution in [0.2, 0.25) is 0 Å².